The summed E-state index contributed by atoms with van der Waals surface area (Å²) in [6.45, 7) is 4.12. The molecule has 2 aromatic carbocycles. The van der Waals surface area contributed by atoms with E-state index in [2.05, 4.69) is 0 Å². The largest absolute Gasteiger partial charge is 0.466 e. The Labute approximate surface area is 129 Å². The van der Waals surface area contributed by atoms with Gasteiger partial charge in [0.2, 0.25) is 0 Å². The van der Waals surface area contributed by atoms with Crippen molar-refractivity contribution in [2.24, 2.45) is 0 Å². The molecule has 0 heterocycles. The van der Waals surface area contributed by atoms with Gasteiger partial charge >= 0.3 is 5.97 Å². The number of halogens is 1. The second kappa shape index (κ2) is 7.14. The quantitative estimate of drug-likeness (QED) is 0.760. The Kier molecular flexibility index (Phi) is 5.23. The average Bonchev–Trinajstić information content (AvgIpc) is 2.45. The summed E-state index contributed by atoms with van der Waals surface area (Å²) in [5, 5.41) is 0.549. The molecule has 0 aliphatic heterocycles. The molecule has 0 N–H and O–H groups in total. The summed E-state index contributed by atoms with van der Waals surface area (Å²) >= 11 is 6.09. The van der Waals surface area contributed by atoms with Crippen molar-refractivity contribution in [2.75, 3.05) is 6.61 Å². The van der Waals surface area contributed by atoms with Crippen molar-refractivity contribution in [3.8, 4) is 11.5 Å². The van der Waals surface area contributed by atoms with E-state index in [0.29, 0.717) is 23.1 Å². The van der Waals surface area contributed by atoms with Gasteiger partial charge in [-0.25, -0.2) is 0 Å². The van der Waals surface area contributed by atoms with Gasteiger partial charge in [-0.15, -0.1) is 0 Å². The van der Waals surface area contributed by atoms with Crippen molar-refractivity contribution in [1.82, 2.24) is 0 Å². The molecule has 0 saturated heterocycles. The maximum Gasteiger partial charge on any atom is 0.310 e. The number of esters is 1. The van der Waals surface area contributed by atoms with E-state index in [1.165, 1.54) is 0 Å². The van der Waals surface area contributed by atoms with Crippen molar-refractivity contribution in [2.45, 2.75) is 20.3 Å². The van der Waals surface area contributed by atoms with Crippen LogP contribution in [0.25, 0.3) is 0 Å². The minimum Gasteiger partial charge on any atom is -0.466 e. The minimum atomic E-state index is -0.245. The molecule has 110 valence electrons. The second-order valence-electron chi connectivity index (χ2n) is 4.61. The fourth-order valence-corrected chi connectivity index (χ4v) is 2.06. The molecular formula is C17H17ClO3. The standard InChI is InChI=1S/C17H17ClO3/c1-3-20-17(19)11-13-9-8-12(2)16(10-13)21-15-7-5-4-6-14(15)18/h4-10H,3,11H2,1-2H3. The highest BCUT2D eigenvalue weighted by molar-refractivity contribution is 6.32. The molecular weight excluding hydrogens is 288 g/mol. The van der Waals surface area contributed by atoms with Gasteiger partial charge in [0.05, 0.1) is 18.1 Å². The lowest BCUT2D eigenvalue weighted by molar-refractivity contribution is -0.142. The number of hydrogen-bond acceptors (Lipinski definition) is 3. The normalized spacial score (nSPS) is 10.2. The van der Waals surface area contributed by atoms with Gasteiger partial charge in [-0.05, 0) is 43.2 Å². The number of hydrogen-bond donors (Lipinski definition) is 0. The monoisotopic (exact) mass is 304 g/mol. The number of benzene rings is 2. The molecule has 0 unspecified atom stereocenters. The van der Waals surface area contributed by atoms with Gasteiger partial charge in [0, 0.05) is 0 Å². The summed E-state index contributed by atoms with van der Waals surface area (Å²) in [6.07, 6.45) is 0.229. The summed E-state index contributed by atoms with van der Waals surface area (Å²) in [5.41, 5.74) is 1.82. The maximum atomic E-state index is 11.5. The van der Waals surface area contributed by atoms with Crippen LogP contribution in [0.3, 0.4) is 0 Å². The third-order valence-electron chi connectivity index (χ3n) is 2.96. The molecule has 0 radical (unpaired) electrons. The molecule has 0 fully saturated rings. The first-order valence-electron chi connectivity index (χ1n) is 6.77. The van der Waals surface area contributed by atoms with Crippen molar-refractivity contribution in [3.63, 3.8) is 0 Å². The van der Waals surface area contributed by atoms with E-state index < -0.39 is 0 Å². The number of aryl methyl sites for hydroxylation is 1. The zero-order chi connectivity index (χ0) is 15.2. The highest BCUT2D eigenvalue weighted by Crippen LogP contribution is 2.31. The molecule has 21 heavy (non-hydrogen) atoms. The molecule has 0 bridgehead atoms. The number of carbonyl (C=O) groups excluding carboxylic acids is 1. The van der Waals surface area contributed by atoms with Crippen molar-refractivity contribution >= 4 is 17.6 Å². The third kappa shape index (κ3) is 4.23. The third-order valence-corrected chi connectivity index (χ3v) is 3.28. The lowest BCUT2D eigenvalue weighted by Crippen LogP contribution is -2.07. The summed E-state index contributed by atoms with van der Waals surface area (Å²) < 4.78 is 10.8. The van der Waals surface area contributed by atoms with E-state index in [1.54, 1.807) is 19.1 Å². The van der Waals surface area contributed by atoms with Crippen LogP contribution >= 0.6 is 11.6 Å². The Morgan fingerprint density at radius 1 is 1.14 bits per heavy atom. The smallest absolute Gasteiger partial charge is 0.310 e. The topological polar surface area (TPSA) is 35.5 Å². The first-order chi connectivity index (χ1) is 10.1. The molecule has 0 aliphatic carbocycles. The van der Waals surface area contributed by atoms with Gasteiger partial charge in [0.1, 0.15) is 11.5 Å². The number of carbonyl (C=O) groups is 1. The van der Waals surface area contributed by atoms with Crippen LogP contribution in [0.2, 0.25) is 5.02 Å². The van der Waals surface area contributed by atoms with E-state index in [1.807, 2.05) is 37.3 Å². The van der Waals surface area contributed by atoms with Gasteiger partial charge in [-0.2, -0.15) is 0 Å². The average molecular weight is 305 g/mol. The lowest BCUT2D eigenvalue weighted by atomic mass is 10.1. The van der Waals surface area contributed by atoms with Gasteiger partial charge < -0.3 is 9.47 Å². The van der Waals surface area contributed by atoms with Gasteiger partial charge in [-0.3, -0.25) is 4.79 Å². The second-order valence-corrected chi connectivity index (χ2v) is 5.02. The van der Waals surface area contributed by atoms with Crippen molar-refractivity contribution < 1.29 is 14.3 Å². The van der Waals surface area contributed by atoms with Crippen LogP contribution < -0.4 is 4.74 Å². The molecule has 3 nitrogen and oxygen atoms in total. The van der Waals surface area contributed by atoms with E-state index in [0.717, 1.165) is 11.1 Å². The number of ether oxygens (including phenoxy) is 2. The SMILES string of the molecule is CCOC(=O)Cc1ccc(C)c(Oc2ccccc2Cl)c1. The summed E-state index contributed by atoms with van der Waals surface area (Å²) in [7, 11) is 0. The molecule has 2 aromatic rings. The Balaban J connectivity index is 2.19. The number of para-hydroxylation sites is 1. The van der Waals surface area contributed by atoms with E-state index in [9.17, 15) is 4.79 Å². The molecule has 0 atom stereocenters. The van der Waals surface area contributed by atoms with E-state index in [4.69, 9.17) is 21.1 Å². The van der Waals surface area contributed by atoms with Crippen LogP contribution in [-0.4, -0.2) is 12.6 Å². The van der Waals surface area contributed by atoms with Gasteiger partial charge in [0.25, 0.3) is 0 Å². The Morgan fingerprint density at radius 2 is 1.90 bits per heavy atom. The van der Waals surface area contributed by atoms with Crippen LogP contribution in [0, 0.1) is 6.92 Å². The molecule has 0 spiro atoms. The Morgan fingerprint density at radius 3 is 2.62 bits per heavy atom. The summed E-state index contributed by atoms with van der Waals surface area (Å²) in [4.78, 5) is 11.5. The molecule has 0 aliphatic rings. The van der Waals surface area contributed by atoms with E-state index in [-0.39, 0.29) is 12.4 Å². The highest BCUT2D eigenvalue weighted by atomic mass is 35.5. The molecule has 0 aromatic heterocycles. The summed E-state index contributed by atoms with van der Waals surface area (Å²) in [6, 6.07) is 12.9. The molecule has 2 rings (SSSR count). The number of rotatable bonds is 5. The van der Waals surface area contributed by atoms with E-state index >= 15 is 0 Å². The van der Waals surface area contributed by atoms with Crippen LogP contribution in [0.5, 0.6) is 11.5 Å². The zero-order valence-corrected chi connectivity index (χ0v) is 12.8. The minimum absolute atomic E-state index is 0.229. The van der Waals surface area contributed by atoms with Crippen LogP contribution in [0.4, 0.5) is 0 Å². The highest BCUT2D eigenvalue weighted by Gasteiger charge is 2.09. The lowest BCUT2D eigenvalue weighted by Gasteiger charge is -2.11. The molecule has 0 amide bonds. The van der Waals surface area contributed by atoms with Gasteiger partial charge in [0.15, 0.2) is 0 Å². The molecule has 0 saturated carbocycles. The summed E-state index contributed by atoms with van der Waals surface area (Å²) in [5.74, 6) is 1.03. The van der Waals surface area contributed by atoms with Crippen molar-refractivity contribution in [3.05, 3.63) is 58.6 Å². The fraction of sp³-hybridized carbons (Fsp3) is 0.235. The first kappa shape index (κ1) is 15.4. The van der Waals surface area contributed by atoms with Crippen LogP contribution in [0.15, 0.2) is 42.5 Å². The predicted octanol–water partition coefficient (Wildman–Crippen LogP) is 4.55. The molecule has 4 heteroatoms. The Hall–Kier alpha value is -2.00. The first-order valence-corrected chi connectivity index (χ1v) is 7.15. The Bertz CT molecular complexity index is 638. The van der Waals surface area contributed by atoms with Crippen molar-refractivity contribution in [1.29, 1.82) is 0 Å². The van der Waals surface area contributed by atoms with Crippen LogP contribution in [0.1, 0.15) is 18.1 Å². The zero-order valence-electron chi connectivity index (χ0n) is 12.1. The van der Waals surface area contributed by atoms with Crippen LogP contribution in [-0.2, 0) is 16.0 Å². The maximum absolute atomic E-state index is 11.5. The predicted molar refractivity (Wildman–Crippen MR) is 83.0 cm³/mol. The fourth-order valence-electron chi connectivity index (χ4n) is 1.89. The van der Waals surface area contributed by atoms with Gasteiger partial charge in [-0.1, -0.05) is 35.9 Å².